The SMILES string of the molecule is CCC(C)Nc1cc(C)cc(COc2c(Cl)cc(C(=O)NCC(=O)O)cc2Cl)c1F.CCC(C)Nc1cc(C)cc(COc2c(Cl)cc(CC(=O)O)cc2Cl)c1F. The molecule has 1 amide bonds. The second-order valence-electron chi connectivity index (χ2n) is 13.4. The lowest BCUT2D eigenvalue weighted by Gasteiger charge is -2.17. The Hall–Kier alpha value is -4.49. The second-order valence-corrected chi connectivity index (χ2v) is 15.0. The minimum Gasteiger partial charge on any atom is -0.486 e. The smallest absolute Gasteiger partial charge is 0.322 e. The van der Waals surface area contributed by atoms with Gasteiger partial charge in [0.05, 0.1) is 37.9 Å². The van der Waals surface area contributed by atoms with E-state index in [9.17, 15) is 23.2 Å². The molecule has 0 aliphatic heterocycles. The van der Waals surface area contributed by atoms with Gasteiger partial charge < -0.3 is 35.6 Å². The molecule has 16 heteroatoms. The van der Waals surface area contributed by atoms with Gasteiger partial charge in [0.25, 0.3) is 5.91 Å². The number of carboxylic acids is 2. The summed E-state index contributed by atoms with van der Waals surface area (Å²) in [5, 5.41) is 26.5. The molecule has 0 radical (unpaired) electrons. The van der Waals surface area contributed by atoms with Crippen LogP contribution in [0, 0.1) is 25.5 Å². The number of carbonyl (C=O) groups excluding carboxylic acids is 1. The molecule has 2 unspecified atom stereocenters. The van der Waals surface area contributed by atoms with Crippen LogP contribution in [0.1, 0.15) is 78.7 Å². The van der Waals surface area contributed by atoms with Crippen molar-refractivity contribution in [1.29, 1.82) is 0 Å². The van der Waals surface area contributed by atoms with Crippen LogP contribution < -0.4 is 25.4 Å². The number of anilines is 2. The topological polar surface area (TPSA) is 146 Å². The summed E-state index contributed by atoms with van der Waals surface area (Å²) >= 11 is 24.7. The number of aliphatic carboxylic acids is 2. The summed E-state index contributed by atoms with van der Waals surface area (Å²) in [5.74, 6) is -3.30. The molecule has 0 saturated heterocycles. The van der Waals surface area contributed by atoms with E-state index in [2.05, 4.69) is 16.0 Å². The number of carbonyl (C=O) groups is 3. The lowest BCUT2D eigenvalue weighted by molar-refractivity contribution is -0.137. The van der Waals surface area contributed by atoms with Gasteiger partial charge in [0.15, 0.2) is 23.1 Å². The molecular formula is C41H45Cl4F2N3O7. The van der Waals surface area contributed by atoms with Crippen LogP contribution in [0.25, 0.3) is 0 Å². The van der Waals surface area contributed by atoms with Gasteiger partial charge >= 0.3 is 11.9 Å². The van der Waals surface area contributed by atoms with E-state index in [0.717, 1.165) is 24.0 Å². The minimum absolute atomic E-state index is 0.0500. The van der Waals surface area contributed by atoms with Gasteiger partial charge in [0, 0.05) is 28.8 Å². The van der Waals surface area contributed by atoms with Crippen molar-refractivity contribution >= 4 is 75.6 Å². The maximum atomic E-state index is 14.9. The molecule has 0 bridgehead atoms. The van der Waals surface area contributed by atoms with E-state index in [0.29, 0.717) is 28.1 Å². The molecule has 4 rings (SSSR count). The maximum Gasteiger partial charge on any atom is 0.322 e. The van der Waals surface area contributed by atoms with Crippen LogP contribution in [0.2, 0.25) is 20.1 Å². The predicted octanol–water partition coefficient (Wildman–Crippen LogP) is 10.9. The predicted molar refractivity (Wildman–Crippen MR) is 222 cm³/mol. The van der Waals surface area contributed by atoms with E-state index in [1.54, 1.807) is 24.3 Å². The molecule has 0 spiro atoms. The summed E-state index contributed by atoms with van der Waals surface area (Å²) in [6.45, 7) is 11.0. The van der Waals surface area contributed by atoms with Crippen molar-refractivity contribution in [1.82, 2.24) is 5.32 Å². The number of hydrogen-bond acceptors (Lipinski definition) is 7. The standard InChI is InChI=1S/C21H23Cl2FN2O4.C20H22Cl2FNO3/c1-4-12(3)26-17-6-11(2)5-14(19(17)24)10-30-20-15(22)7-13(8-16(20)23)21(29)25-9-18(27)28;1-4-12(3)24-17-6-11(2)5-14(19(17)23)10-27-20-15(21)7-13(8-16(20)22)9-18(25)26/h5-8,12,26H,4,9-10H2,1-3H3,(H,25,29)(H,27,28);5-8,12,24H,4,9-10H2,1-3H3,(H,25,26). The highest BCUT2D eigenvalue weighted by molar-refractivity contribution is 6.38. The Balaban J connectivity index is 0.000000307. The number of rotatable bonds is 17. The van der Waals surface area contributed by atoms with Gasteiger partial charge in [-0.25, -0.2) is 8.78 Å². The highest BCUT2D eigenvalue weighted by Crippen LogP contribution is 2.37. The first-order valence-electron chi connectivity index (χ1n) is 17.9. The zero-order valence-electron chi connectivity index (χ0n) is 32.2. The summed E-state index contributed by atoms with van der Waals surface area (Å²) < 4.78 is 41.0. The third-order valence-corrected chi connectivity index (χ3v) is 9.55. The molecule has 4 aromatic rings. The van der Waals surface area contributed by atoms with Gasteiger partial charge in [-0.2, -0.15) is 0 Å². The first-order chi connectivity index (χ1) is 26.8. The minimum atomic E-state index is -1.18. The van der Waals surface area contributed by atoms with Gasteiger partial charge in [0.2, 0.25) is 0 Å². The molecule has 4 aromatic carbocycles. The van der Waals surface area contributed by atoms with E-state index in [1.807, 2.05) is 41.5 Å². The Bertz CT molecular complexity index is 2040. The summed E-state index contributed by atoms with van der Waals surface area (Å²) in [7, 11) is 0. The summed E-state index contributed by atoms with van der Waals surface area (Å²) in [6.07, 6.45) is 1.51. The number of hydrogen-bond donors (Lipinski definition) is 5. The molecule has 10 nitrogen and oxygen atoms in total. The van der Waals surface area contributed by atoms with E-state index < -0.39 is 30.2 Å². The number of halogens is 6. The van der Waals surface area contributed by atoms with Crippen LogP contribution >= 0.6 is 46.4 Å². The highest BCUT2D eigenvalue weighted by Gasteiger charge is 2.19. The molecule has 0 fully saturated rings. The van der Waals surface area contributed by atoms with Crippen molar-refractivity contribution in [3.63, 3.8) is 0 Å². The van der Waals surface area contributed by atoms with Crippen molar-refractivity contribution in [2.45, 2.75) is 86.1 Å². The lowest BCUT2D eigenvalue weighted by Crippen LogP contribution is -2.29. The first-order valence-corrected chi connectivity index (χ1v) is 19.4. The molecule has 0 heterocycles. The molecule has 0 saturated carbocycles. The van der Waals surface area contributed by atoms with Crippen LogP contribution in [-0.4, -0.2) is 46.7 Å². The average Bonchev–Trinajstić information content (AvgIpc) is 3.13. The summed E-state index contributed by atoms with van der Waals surface area (Å²) in [4.78, 5) is 33.4. The van der Waals surface area contributed by atoms with Crippen molar-refractivity contribution < 1.29 is 42.9 Å². The van der Waals surface area contributed by atoms with E-state index in [4.69, 9.17) is 66.1 Å². The van der Waals surface area contributed by atoms with Crippen molar-refractivity contribution in [3.8, 4) is 11.5 Å². The fourth-order valence-electron chi connectivity index (χ4n) is 5.26. The van der Waals surface area contributed by atoms with Crippen LogP contribution in [0.5, 0.6) is 11.5 Å². The molecule has 2 atom stereocenters. The van der Waals surface area contributed by atoms with Crippen molar-refractivity contribution in [2.24, 2.45) is 0 Å². The summed E-state index contributed by atoms with van der Waals surface area (Å²) in [6, 6.07) is 12.7. The Labute approximate surface area is 350 Å². The van der Waals surface area contributed by atoms with Crippen LogP contribution in [0.15, 0.2) is 48.5 Å². The largest absolute Gasteiger partial charge is 0.486 e. The lowest BCUT2D eigenvalue weighted by atomic mass is 10.1. The number of nitrogens with one attached hydrogen (secondary N) is 3. The van der Waals surface area contributed by atoms with Crippen molar-refractivity contribution in [3.05, 3.63) is 114 Å². The van der Waals surface area contributed by atoms with E-state index >= 15 is 0 Å². The maximum absolute atomic E-state index is 14.9. The third kappa shape index (κ3) is 14.1. The van der Waals surface area contributed by atoms with Gasteiger partial charge in [0.1, 0.15) is 19.8 Å². The first kappa shape index (κ1) is 46.9. The molecule has 0 aromatic heterocycles. The van der Waals surface area contributed by atoms with E-state index in [1.165, 1.54) is 24.3 Å². The molecule has 0 aliphatic carbocycles. The van der Waals surface area contributed by atoms with Gasteiger partial charge in [-0.05, 0) is 106 Å². The molecule has 0 aliphatic rings. The highest BCUT2D eigenvalue weighted by atomic mass is 35.5. The Morgan fingerprint density at radius 3 is 1.44 bits per heavy atom. The number of aryl methyl sites for hydroxylation is 2. The zero-order valence-corrected chi connectivity index (χ0v) is 35.2. The summed E-state index contributed by atoms with van der Waals surface area (Å²) in [5.41, 5.74) is 3.84. The fourth-order valence-corrected chi connectivity index (χ4v) is 6.49. The number of ether oxygens (including phenoxy) is 2. The van der Waals surface area contributed by atoms with E-state index in [-0.39, 0.29) is 74.7 Å². The molecular weight excluding hydrogens is 826 g/mol. The molecule has 57 heavy (non-hydrogen) atoms. The van der Waals surface area contributed by atoms with Crippen LogP contribution in [0.4, 0.5) is 20.2 Å². The van der Waals surface area contributed by atoms with Gasteiger partial charge in [-0.1, -0.05) is 60.3 Å². The number of carboxylic acid groups (broad SMARTS) is 2. The number of amides is 1. The quantitative estimate of drug-likeness (QED) is 0.0700. The second kappa shape index (κ2) is 21.9. The Morgan fingerprint density at radius 2 is 1.07 bits per heavy atom. The Kier molecular flexibility index (Phi) is 18.0. The monoisotopic (exact) mass is 869 g/mol. The van der Waals surface area contributed by atoms with Gasteiger partial charge in [-0.3, -0.25) is 14.4 Å². The average molecular weight is 872 g/mol. The number of benzene rings is 4. The molecule has 308 valence electrons. The van der Waals surface area contributed by atoms with Gasteiger partial charge in [-0.15, -0.1) is 0 Å². The van der Waals surface area contributed by atoms with Crippen LogP contribution in [0.3, 0.4) is 0 Å². The van der Waals surface area contributed by atoms with Crippen LogP contribution in [-0.2, 0) is 29.2 Å². The fraction of sp³-hybridized carbons (Fsp3) is 0.341. The Morgan fingerprint density at radius 1 is 0.667 bits per heavy atom. The third-order valence-electron chi connectivity index (χ3n) is 8.43. The van der Waals surface area contributed by atoms with Crippen molar-refractivity contribution in [2.75, 3.05) is 17.2 Å². The zero-order chi connectivity index (χ0) is 42.6. The normalized spacial score (nSPS) is 11.8. The molecule has 5 N–H and O–H groups in total.